The highest BCUT2D eigenvalue weighted by molar-refractivity contribution is 9.13. The molecule has 0 saturated heterocycles. The molecule has 1 heterocycles. The molecule has 2 aromatic rings. The fourth-order valence-electron chi connectivity index (χ4n) is 2.08. The molecule has 6 nitrogen and oxygen atoms in total. The normalized spacial score (nSPS) is 10.7. The first-order valence-corrected chi connectivity index (χ1v) is 11.0. The summed E-state index contributed by atoms with van der Waals surface area (Å²) in [7, 11) is 1.56. The van der Waals surface area contributed by atoms with Crippen LogP contribution in [0.3, 0.4) is 0 Å². The standard InChI is InChI=1S/C16H16Br3N3O3S/c1-3-4-8-5-11(23)22-16(20-8)26-7-12(24)21-15-9(17)6-10(25-2)13(18)14(15)19/h5-6H,3-4,7H2,1-2H3,(H,21,24)(H,20,22,23). The smallest absolute Gasteiger partial charge is 0.251 e. The average molecular weight is 570 g/mol. The van der Waals surface area contributed by atoms with Crippen molar-refractivity contribution in [3.63, 3.8) is 0 Å². The lowest BCUT2D eigenvalue weighted by atomic mass is 10.2. The molecule has 0 aliphatic heterocycles. The Morgan fingerprint density at radius 3 is 2.69 bits per heavy atom. The van der Waals surface area contributed by atoms with Crippen LogP contribution in [0.15, 0.2) is 35.5 Å². The van der Waals surface area contributed by atoms with Crippen molar-refractivity contribution in [3.8, 4) is 5.75 Å². The van der Waals surface area contributed by atoms with Crippen molar-refractivity contribution in [2.24, 2.45) is 0 Å². The van der Waals surface area contributed by atoms with Gasteiger partial charge in [-0.15, -0.1) is 0 Å². The fraction of sp³-hybridized carbons (Fsp3) is 0.312. The van der Waals surface area contributed by atoms with Gasteiger partial charge in [-0.2, -0.15) is 0 Å². The SMILES string of the molecule is CCCc1cc(=O)[nH]c(SCC(=O)Nc2c(Br)cc(OC)c(Br)c2Br)n1. The van der Waals surface area contributed by atoms with Crippen molar-refractivity contribution < 1.29 is 9.53 Å². The maximum atomic E-state index is 12.3. The minimum absolute atomic E-state index is 0.112. The molecule has 0 spiro atoms. The third kappa shape index (κ3) is 5.58. The Morgan fingerprint density at radius 1 is 1.31 bits per heavy atom. The molecule has 26 heavy (non-hydrogen) atoms. The Kier molecular flexibility index (Phi) is 8.18. The number of methoxy groups -OCH3 is 1. The predicted molar refractivity (Wildman–Crippen MR) is 114 cm³/mol. The highest BCUT2D eigenvalue weighted by atomic mass is 79.9. The van der Waals surface area contributed by atoms with Crippen LogP contribution in [-0.4, -0.2) is 28.7 Å². The lowest BCUT2D eigenvalue weighted by molar-refractivity contribution is -0.113. The van der Waals surface area contributed by atoms with E-state index in [0.717, 1.165) is 18.5 Å². The molecule has 1 amide bonds. The maximum absolute atomic E-state index is 12.3. The lowest BCUT2D eigenvalue weighted by Crippen LogP contribution is -2.16. The monoisotopic (exact) mass is 567 g/mol. The minimum Gasteiger partial charge on any atom is -0.495 e. The summed E-state index contributed by atoms with van der Waals surface area (Å²) >= 11 is 11.5. The second-order valence-corrected chi connectivity index (χ2v) is 8.60. The van der Waals surface area contributed by atoms with Crippen LogP contribution in [0.1, 0.15) is 19.0 Å². The number of hydrogen-bond acceptors (Lipinski definition) is 5. The van der Waals surface area contributed by atoms with E-state index in [9.17, 15) is 9.59 Å². The molecular formula is C16H16Br3N3O3S. The number of amides is 1. The van der Waals surface area contributed by atoms with Crippen molar-refractivity contribution in [1.82, 2.24) is 9.97 Å². The quantitative estimate of drug-likeness (QED) is 0.286. The molecule has 2 rings (SSSR count). The number of aryl methyl sites for hydroxylation is 1. The number of H-pyrrole nitrogens is 1. The predicted octanol–water partition coefficient (Wildman–Crippen LogP) is 4.75. The molecule has 0 atom stereocenters. The summed E-state index contributed by atoms with van der Waals surface area (Å²) in [4.78, 5) is 31.0. The fourth-order valence-corrected chi connectivity index (χ4v) is 4.53. The largest absolute Gasteiger partial charge is 0.495 e. The molecular weight excluding hydrogens is 554 g/mol. The first kappa shape index (κ1) is 21.5. The number of ether oxygens (including phenoxy) is 1. The average Bonchev–Trinajstić information content (AvgIpc) is 2.60. The number of carbonyl (C=O) groups excluding carboxylic acids is 1. The Morgan fingerprint density at radius 2 is 2.04 bits per heavy atom. The molecule has 0 aliphatic carbocycles. The van der Waals surface area contributed by atoms with E-state index >= 15 is 0 Å². The van der Waals surface area contributed by atoms with Crippen LogP contribution in [0.5, 0.6) is 5.75 Å². The molecule has 0 unspecified atom stereocenters. The van der Waals surface area contributed by atoms with E-state index in [4.69, 9.17) is 4.74 Å². The van der Waals surface area contributed by atoms with Gasteiger partial charge in [0.2, 0.25) is 5.91 Å². The molecule has 0 saturated carbocycles. The number of nitrogens with one attached hydrogen (secondary N) is 2. The number of anilines is 1. The van der Waals surface area contributed by atoms with E-state index in [0.29, 0.717) is 30.0 Å². The van der Waals surface area contributed by atoms with Crippen LogP contribution in [0.4, 0.5) is 5.69 Å². The van der Waals surface area contributed by atoms with Gasteiger partial charge in [-0.05, 0) is 60.3 Å². The Bertz CT molecular complexity index is 874. The first-order valence-electron chi connectivity index (χ1n) is 7.60. The Balaban J connectivity index is 2.08. The summed E-state index contributed by atoms with van der Waals surface area (Å²) in [6.07, 6.45) is 1.62. The molecule has 1 aromatic carbocycles. The van der Waals surface area contributed by atoms with Gasteiger partial charge in [0, 0.05) is 16.2 Å². The van der Waals surface area contributed by atoms with Gasteiger partial charge >= 0.3 is 0 Å². The second-order valence-electron chi connectivity index (χ2n) is 5.19. The number of rotatable bonds is 7. The summed E-state index contributed by atoms with van der Waals surface area (Å²) < 4.78 is 7.29. The van der Waals surface area contributed by atoms with Gasteiger partial charge in [0.1, 0.15) is 5.75 Å². The third-order valence-electron chi connectivity index (χ3n) is 3.23. The molecule has 0 radical (unpaired) electrons. The maximum Gasteiger partial charge on any atom is 0.251 e. The summed E-state index contributed by atoms with van der Waals surface area (Å²) in [5, 5.41) is 3.27. The Labute approximate surface area is 180 Å². The van der Waals surface area contributed by atoms with Crippen LogP contribution < -0.4 is 15.6 Å². The number of nitrogens with zero attached hydrogens (tertiary/aromatic N) is 1. The van der Waals surface area contributed by atoms with Crippen molar-refractivity contribution in [1.29, 1.82) is 0 Å². The van der Waals surface area contributed by atoms with E-state index in [-0.39, 0.29) is 17.2 Å². The molecule has 0 aliphatic rings. The van der Waals surface area contributed by atoms with Crippen LogP contribution in [0.2, 0.25) is 0 Å². The topological polar surface area (TPSA) is 84.1 Å². The molecule has 0 bridgehead atoms. The van der Waals surface area contributed by atoms with Crippen molar-refractivity contribution in [2.75, 3.05) is 18.2 Å². The molecule has 1 aromatic heterocycles. The zero-order chi connectivity index (χ0) is 19.3. The van der Waals surface area contributed by atoms with Crippen molar-refractivity contribution in [2.45, 2.75) is 24.9 Å². The van der Waals surface area contributed by atoms with Gasteiger partial charge in [0.25, 0.3) is 5.56 Å². The highest BCUT2D eigenvalue weighted by Gasteiger charge is 2.16. The zero-order valence-corrected chi connectivity index (χ0v) is 19.6. The van der Waals surface area contributed by atoms with E-state index in [1.54, 1.807) is 13.2 Å². The van der Waals surface area contributed by atoms with Crippen LogP contribution in [-0.2, 0) is 11.2 Å². The van der Waals surface area contributed by atoms with Gasteiger partial charge in [-0.25, -0.2) is 4.98 Å². The van der Waals surface area contributed by atoms with Gasteiger partial charge in [0.15, 0.2) is 5.16 Å². The number of carbonyl (C=O) groups is 1. The molecule has 2 N–H and O–H groups in total. The van der Waals surface area contributed by atoms with Crippen LogP contribution in [0.25, 0.3) is 0 Å². The minimum atomic E-state index is -0.225. The molecule has 10 heteroatoms. The van der Waals surface area contributed by atoms with Crippen LogP contribution >= 0.6 is 59.6 Å². The summed E-state index contributed by atoms with van der Waals surface area (Å²) in [6, 6.07) is 3.24. The molecule has 0 fully saturated rings. The van der Waals surface area contributed by atoms with E-state index in [1.165, 1.54) is 17.8 Å². The lowest BCUT2D eigenvalue weighted by Gasteiger charge is -2.13. The highest BCUT2D eigenvalue weighted by Crippen LogP contribution is 2.42. The summed E-state index contributed by atoms with van der Waals surface area (Å²) in [6.45, 7) is 2.02. The van der Waals surface area contributed by atoms with Crippen molar-refractivity contribution in [3.05, 3.63) is 41.6 Å². The molecule has 140 valence electrons. The number of aromatic nitrogens is 2. The number of aromatic amines is 1. The van der Waals surface area contributed by atoms with E-state index < -0.39 is 0 Å². The Hall–Kier alpha value is -0.840. The van der Waals surface area contributed by atoms with Crippen molar-refractivity contribution >= 4 is 71.1 Å². The second kappa shape index (κ2) is 9.91. The number of hydrogen-bond donors (Lipinski definition) is 2. The first-order chi connectivity index (χ1) is 12.3. The zero-order valence-electron chi connectivity index (χ0n) is 14.0. The van der Waals surface area contributed by atoms with Gasteiger partial charge in [-0.3, -0.25) is 9.59 Å². The number of thioether (sulfide) groups is 1. The third-order valence-corrected chi connectivity index (χ3v) is 6.84. The summed E-state index contributed by atoms with van der Waals surface area (Å²) in [5.41, 5.74) is 1.10. The number of halogens is 3. The van der Waals surface area contributed by atoms with E-state index in [2.05, 4.69) is 63.1 Å². The van der Waals surface area contributed by atoms with Gasteiger partial charge < -0.3 is 15.0 Å². The van der Waals surface area contributed by atoms with E-state index in [1.807, 2.05) is 6.92 Å². The summed E-state index contributed by atoms with van der Waals surface area (Å²) in [5.74, 6) is 0.517. The number of benzene rings is 1. The van der Waals surface area contributed by atoms with Gasteiger partial charge in [-0.1, -0.05) is 25.1 Å². The van der Waals surface area contributed by atoms with Crippen LogP contribution in [0, 0.1) is 0 Å². The van der Waals surface area contributed by atoms with Gasteiger partial charge in [0.05, 0.1) is 27.5 Å².